The van der Waals surface area contributed by atoms with E-state index in [-0.39, 0.29) is 6.54 Å². The summed E-state index contributed by atoms with van der Waals surface area (Å²) >= 11 is 0. The quantitative estimate of drug-likeness (QED) is 0.544. The molecule has 0 aromatic heterocycles. The molecule has 26 heavy (non-hydrogen) atoms. The summed E-state index contributed by atoms with van der Waals surface area (Å²) in [4.78, 5) is 4.37. The molecule has 3 N–H and O–H groups in total. The zero-order valence-corrected chi connectivity index (χ0v) is 15.3. The number of aliphatic hydroxyl groups is 1. The molecular formula is C20H25F2N3O. The van der Waals surface area contributed by atoms with Gasteiger partial charge in [-0.15, -0.1) is 0 Å². The first-order chi connectivity index (χ1) is 12.4. The van der Waals surface area contributed by atoms with Crippen molar-refractivity contribution in [2.24, 2.45) is 4.99 Å². The lowest BCUT2D eigenvalue weighted by Crippen LogP contribution is -2.39. The van der Waals surface area contributed by atoms with Crippen LogP contribution < -0.4 is 10.6 Å². The molecule has 0 fully saturated rings. The molecule has 0 aliphatic rings. The molecule has 0 bridgehead atoms. The second-order valence-corrected chi connectivity index (χ2v) is 6.18. The van der Waals surface area contributed by atoms with E-state index in [1.54, 1.807) is 6.92 Å². The van der Waals surface area contributed by atoms with Crippen molar-refractivity contribution in [2.75, 3.05) is 13.1 Å². The van der Waals surface area contributed by atoms with E-state index in [0.29, 0.717) is 18.1 Å². The minimum Gasteiger partial charge on any atom is -0.386 e. The lowest BCUT2D eigenvalue weighted by atomic mass is 10.1. The summed E-state index contributed by atoms with van der Waals surface area (Å²) in [5.41, 5.74) is 2.25. The maximum Gasteiger partial charge on any atom is 0.191 e. The SMILES string of the molecule is CCNC(=NCC(O)c1ccc(C)cc1)NC(C)c1ccc(F)cc1F. The van der Waals surface area contributed by atoms with Gasteiger partial charge in [-0.3, -0.25) is 4.99 Å². The van der Waals surface area contributed by atoms with Crippen molar-refractivity contribution < 1.29 is 13.9 Å². The Balaban J connectivity index is 2.06. The molecule has 2 aromatic carbocycles. The van der Waals surface area contributed by atoms with E-state index in [4.69, 9.17) is 0 Å². The number of nitrogens with one attached hydrogen (secondary N) is 2. The van der Waals surface area contributed by atoms with Gasteiger partial charge in [0.1, 0.15) is 11.6 Å². The van der Waals surface area contributed by atoms with Crippen molar-refractivity contribution in [3.05, 3.63) is 70.8 Å². The molecule has 0 spiro atoms. The molecule has 2 aromatic rings. The van der Waals surface area contributed by atoms with Crippen molar-refractivity contribution in [3.63, 3.8) is 0 Å². The molecule has 140 valence electrons. The Hall–Kier alpha value is -2.47. The highest BCUT2D eigenvalue weighted by atomic mass is 19.1. The van der Waals surface area contributed by atoms with Crippen LogP contribution in [0.15, 0.2) is 47.5 Å². The van der Waals surface area contributed by atoms with Gasteiger partial charge < -0.3 is 15.7 Å². The highest BCUT2D eigenvalue weighted by molar-refractivity contribution is 5.80. The third-order valence-corrected chi connectivity index (χ3v) is 4.01. The molecule has 0 amide bonds. The van der Waals surface area contributed by atoms with Crippen LogP contribution in [-0.2, 0) is 0 Å². The minimum atomic E-state index is -0.732. The van der Waals surface area contributed by atoms with Gasteiger partial charge in [-0.1, -0.05) is 35.9 Å². The van der Waals surface area contributed by atoms with Gasteiger partial charge in [0.2, 0.25) is 0 Å². The number of benzene rings is 2. The molecule has 0 heterocycles. The van der Waals surface area contributed by atoms with Crippen LogP contribution in [0.25, 0.3) is 0 Å². The summed E-state index contributed by atoms with van der Waals surface area (Å²) < 4.78 is 27.0. The van der Waals surface area contributed by atoms with Gasteiger partial charge in [-0.2, -0.15) is 0 Å². The van der Waals surface area contributed by atoms with Gasteiger partial charge in [-0.05, 0) is 32.4 Å². The molecular weight excluding hydrogens is 336 g/mol. The van der Waals surface area contributed by atoms with Gasteiger partial charge >= 0.3 is 0 Å². The Labute approximate surface area is 153 Å². The van der Waals surface area contributed by atoms with Gasteiger partial charge in [0, 0.05) is 18.2 Å². The van der Waals surface area contributed by atoms with Crippen LogP contribution in [-0.4, -0.2) is 24.2 Å². The van der Waals surface area contributed by atoms with Gasteiger partial charge in [0.05, 0.1) is 18.7 Å². The van der Waals surface area contributed by atoms with Crippen molar-refractivity contribution in [1.82, 2.24) is 10.6 Å². The lowest BCUT2D eigenvalue weighted by Gasteiger charge is -2.19. The molecule has 2 rings (SSSR count). The van der Waals surface area contributed by atoms with Crippen LogP contribution in [0, 0.1) is 18.6 Å². The summed E-state index contributed by atoms with van der Waals surface area (Å²) in [5, 5.41) is 16.4. The molecule has 0 aliphatic carbocycles. The maximum absolute atomic E-state index is 13.9. The Morgan fingerprint density at radius 3 is 2.46 bits per heavy atom. The number of aliphatic imine (C=N–C) groups is 1. The Bertz CT molecular complexity index is 747. The molecule has 0 aliphatic heterocycles. The number of halogens is 2. The fraction of sp³-hybridized carbons (Fsp3) is 0.350. The average molecular weight is 361 g/mol. The zero-order valence-electron chi connectivity index (χ0n) is 15.3. The number of hydrogen-bond acceptors (Lipinski definition) is 2. The van der Waals surface area contributed by atoms with Crippen molar-refractivity contribution in [1.29, 1.82) is 0 Å². The van der Waals surface area contributed by atoms with E-state index in [0.717, 1.165) is 17.2 Å². The first-order valence-electron chi connectivity index (χ1n) is 8.65. The van der Waals surface area contributed by atoms with Crippen LogP contribution in [0.5, 0.6) is 0 Å². The van der Waals surface area contributed by atoms with E-state index in [9.17, 15) is 13.9 Å². The van der Waals surface area contributed by atoms with Crippen LogP contribution in [0.1, 0.15) is 42.7 Å². The predicted octanol–water partition coefficient (Wildman–Crippen LogP) is 3.62. The van der Waals surface area contributed by atoms with Gasteiger partial charge in [0.25, 0.3) is 0 Å². The van der Waals surface area contributed by atoms with Crippen LogP contribution in [0.4, 0.5) is 8.78 Å². The number of nitrogens with zero attached hydrogens (tertiary/aromatic N) is 1. The zero-order chi connectivity index (χ0) is 19.1. The molecule has 2 unspecified atom stereocenters. The van der Waals surface area contributed by atoms with E-state index < -0.39 is 23.8 Å². The summed E-state index contributed by atoms with van der Waals surface area (Å²) in [6.45, 7) is 6.44. The maximum atomic E-state index is 13.9. The first kappa shape index (κ1) is 19.8. The summed E-state index contributed by atoms with van der Waals surface area (Å²) in [6.07, 6.45) is -0.732. The summed E-state index contributed by atoms with van der Waals surface area (Å²) in [7, 11) is 0. The number of guanidine groups is 1. The number of aliphatic hydroxyl groups excluding tert-OH is 1. The molecule has 2 atom stereocenters. The monoisotopic (exact) mass is 361 g/mol. The molecule has 6 heteroatoms. The van der Waals surface area contributed by atoms with Crippen molar-refractivity contribution >= 4 is 5.96 Å². The molecule has 0 radical (unpaired) electrons. The van der Waals surface area contributed by atoms with Crippen LogP contribution in [0.3, 0.4) is 0 Å². The normalized spacial score (nSPS) is 14.0. The number of aryl methyl sites for hydroxylation is 1. The average Bonchev–Trinajstić information content (AvgIpc) is 2.60. The standard InChI is InChI=1S/C20H25F2N3O/c1-4-23-20(24-12-19(26)15-7-5-13(2)6-8-15)25-14(3)17-10-9-16(21)11-18(17)22/h5-11,14,19,26H,4,12H2,1-3H3,(H2,23,24,25). The highest BCUT2D eigenvalue weighted by Crippen LogP contribution is 2.18. The number of hydrogen-bond donors (Lipinski definition) is 3. The number of rotatable bonds is 6. The topological polar surface area (TPSA) is 56.7 Å². The second kappa shape index (κ2) is 9.29. The molecule has 4 nitrogen and oxygen atoms in total. The third kappa shape index (κ3) is 5.52. The summed E-state index contributed by atoms with van der Waals surface area (Å²) in [5.74, 6) is -0.768. The third-order valence-electron chi connectivity index (χ3n) is 4.01. The minimum absolute atomic E-state index is 0.164. The van der Waals surface area contributed by atoms with Crippen molar-refractivity contribution in [2.45, 2.75) is 32.9 Å². The smallest absolute Gasteiger partial charge is 0.191 e. The molecule has 0 saturated heterocycles. The summed E-state index contributed by atoms with van der Waals surface area (Å²) in [6, 6.07) is 10.7. The largest absolute Gasteiger partial charge is 0.386 e. The second-order valence-electron chi connectivity index (χ2n) is 6.18. The fourth-order valence-electron chi connectivity index (χ4n) is 2.53. The first-order valence-corrected chi connectivity index (χ1v) is 8.65. The van der Waals surface area contributed by atoms with E-state index in [2.05, 4.69) is 15.6 Å². The van der Waals surface area contributed by atoms with Crippen molar-refractivity contribution in [3.8, 4) is 0 Å². The Kier molecular flexibility index (Phi) is 7.09. The van der Waals surface area contributed by atoms with Crippen LogP contribution in [0.2, 0.25) is 0 Å². The molecule has 0 saturated carbocycles. The fourth-order valence-corrected chi connectivity index (χ4v) is 2.53. The van der Waals surface area contributed by atoms with E-state index in [1.807, 2.05) is 38.1 Å². The van der Waals surface area contributed by atoms with E-state index >= 15 is 0 Å². The lowest BCUT2D eigenvalue weighted by molar-refractivity contribution is 0.187. The predicted molar refractivity (Wildman–Crippen MR) is 100 cm³/mol. The van der Waals surface area contributed by atoms with Gasteiger partial charge in [0.15, 0.2) is 5.96 Å². The van der Waals surface area contributed by atoms with E-state index in [1.165, 1.54) is 12.1 Å². The Morgan fingerprint density at radius 1 is 1.15 bits per heavy atom. The van der Waals surface area contributed by atoms with Gasteiger partial charge in [-0.25, -0.2) is 8.78 Å². The Morgan fingerprint density at radius 2 is 1.85 bits per heavy atom. The van der Waals surface area contributed by atoms with Crippen LogP contribution >= 0.6 is 0 Å². The highest BCUT2D eigenvalue weighted by Gasteiger charge is 2.14.